The van der Waals surface area contributed by atoms with E-state index >= 15 is 0 Å². The predicted octanol–water partition coefficient (Wildman–Crippen LogP) is 2.77. The van der Waals surface area contributed by atoms with E-state index in [9.17, 15) is 9.59 Å². The number of para-hydroxylation sites is 2. The molecule has 8 heteroatoms. The molecule has 0 atom stereocenters. The van der Waals surface area contributed by atoms with Crippen molar-refractivity contribution in [1.82, 2.24) is 15.2 Å². The summed E-state index contributed by atoms with van der Waals surface area (Å²) in [6.07, 6.45) is 5.24. The summed E-state index contributed by atoms with van der Waals surface area (Å²) in [5, 5.41) is 5.75. The van der Waals surface area contributed by atoms with Crippen LogP contribution >= 0.6 is 0 Å². The molecule has 2 aromatic rings. The van der Waals surface area contributed by atoms with Crippen molar-refractivity contribution < 1.29 is 18.7 Å². The normalized spacial score (nSPS) is 15.9. The van der Waals surface area contributed by atoms with Gasteiger partial charge in [0.25, 0.3) is 5.91 Å². The van der Waals surface area contributed by atoms with Crippen molar-refractivity contribution in [3.8, 4) is 5.75 Å². The fraction of sp³-hybridized carbons (Fsp3) is 0.421. The molecule has 0 aliphatic heterocycles. The van der Waals surface area contributed by atoms with E-state index in [1.165, 1.54) is 6.26 Å². The molecular formula is C19H22N4O4. The van der Waals surface area contributed by atoms with Crippen molar-refractivity contribution in [2.75, 3.05) is 12.4 Å². The van der Waals surface area contributed by atoms with Gasteiger partial charge in [-0.2, -0.15) is 0 Å². The predicted molar refractivity (Wildman–Crippen MR) is 97.6 cm³/mol. The number of methoxy groups -OCH3 is 1. The third-order valence-corrected chi connectivity index (χ3v) is 4.60. The molecule has 8 nitrogen and oxygen atoms in total. The summed E-state index contributed by atoms with van der Waals surface area (Å²) in [4.78, 5) is 30.7. The topological polar surface area (TPSA) is 96.7 Å². The Kier molecular flexibility index (Phi) is 4.70. The summed E-state index contributed by atoms with van der Waals surface area (Å²) in [5.41, 5.74) is 0.852. The highest BCUT2D eigenvalue weighted by Gasteiger charge is 2.34. The first kappa shape index (κ1) is 17.4. The molecule has 2 saturated carbocycles. The first-order chi connectivity index (χ1) is 13.1. The van der Waals surface area contributed by atoms with Crippen LogP contribution in [0, 0.1) is 0 Å². The Morgan fingerprint density at radius 2 is 2.04 bits per heavy atom. The van der Waals surface area contributed by atoms with E-state index in [4.69, 9.17) is 9.15 Å². The number of benzene rings is 1. The number of nitrogens with zero attached hydrogens (tertiary/aromatic N) is 2. The van der Waals surface area contributed by atoms with E-state index in [1.807, 2.05) is 12.1 Å². The van der Waals surface area contributed by atoms with Crippen molar-refractivity contribution in [1.29, 1.82) is 0 Å². The van der Waals surface area contributed by atoms with Gasteiger partial charge in [0.2, 0.25) is 5.89 Å². The van der Waals surface area contributed by atoms with Gasteiger partial charge in [-0.25, -0.2) is 9.78 Å². The van der Waals surface area contributed by atoms with Crippen molar-refractivity contribution in [3.63, 3.8) is 0 Å². The molecule has 4 rings (SSSR count). The number of anilines is 1. The molecule has 1 aromatic heterocycles. The van der Waals surface area contributed by atoms with Crippen LogP contribution in [0.4, 0.5) is 10.5 Å². The zero-order valence-corrected chi connectivity index (χ0v) is 15.1. The molecule has 142 valence electrons. The smallest absolute Gasteiger partial charge is 0.322 e. The highest BCUT2D eigenvalue weighted by molar-refractivity contribution is 5.92. The molecule has 0 spiro atoms. The molecule has 0 radical (unpaired) electrons. The van der Waals surface area contributed by atoms with E-state index in [0.29, 0.717) is 17.3 Å². The minimum atomic E-state index is -0.246. The SMILES string of the molecule is COc1ccccc1NC(=O)N(Cc1nc(C(=O)NC2CC2)co1)C1CC1. The number of aromatic nitrogens is 1. The number of carbonyl (C=O) groups excluding carboxylic acids is 2. The minimum absolute atomic E-state index is 0.148. The van der Waals surface area contributed by atoms with Crippen LogP contribution in [0.1, 0.15) is 42.1 Å². The Balaban J connectivity index is 1.43. The average Bonchev–Trinajstić information content (AvgIpc) is 3.60. The lowest BCUT2D eigenvalue weighted by Gasteiger charge is -2.22. The Morgan fingerprint density at radius 3 is 2.74 bits per heavy atom. The lowest BCUT2D eigenvalue weighted by Crippen LogP contribution is -2.36. The molecule has 1 heterocycles. The summed E-state index contributed by atoms with van der Waals surface area (Å²) in [6.45, 7) is 0.211. The largest absolute Gasteiger partial charge is 0.495 e. The monoisotopic (exact) mass is 370 g/mol. The molecular weight excluding hydrogens is 348 g/mol. The summed E-state index contributed by atoms with van der Waals surface area (Å²) < 4.78 is 10.7. The van der Waals surface area contributed by atoms with Gasteiger partial charge >= 0.3 is 6.03 Å². The van der Waals surface area contributed by atoms with Gasteiger partial charge in [-0.3, -0.25) is 4.79 Å². The van der Waals surface area contributed by atoms with Gasteiger partial charge in [-0.15, -0.1) is 0 Å². The maximum absolute atomic E-state index is 12.8. The Labute approximate surface area is 156 Å². The zero-order chi connectivity index (χ0) is 18.8. The highest BCUT2D eigenvalue weighted by Crippen LogP contribution is 2.30. The van der Waals surface area contributed by atoms with Crippen LogP contribution in [-0.2, 0) is 6.54 Å². The van der Waals surface area contributed by atoms with E-state index in [2.05, 4.69) is 15.6 Å². The highest BCUT2D eigenvalue weighted by atomic mass is 16.5. The molecule has 27 heavy (non-hydrogen) atoms. The second kappa shape index (κ2) is 7.30. The van der Waals surface area contributed by atoms with Crippen LogP contribution in [0.3, 0.4) is 0 Å². The fourth-order valence-corrected chi connectivity index (χ4v) is 2.81. The number of rotatable bonds is 7. The summed E-state index contributed by atoms with van der Waals surface area (Å²) in [7, 11) is 1.56. The quantitative estimate of drug-likeness (QED) is 0.781. The van der Waals surface area contributed by atoms with E-state index in [1.54, 1.807) is 24.1 Å². The first-order valence-corrected chi connectivity index (χ1v) is 9.10. The molecule has 0 saturated heterocycles. The number of oxazole rings is 1. The maximum Gasteiger partial charge on any atom is 0.322 e. The van der Waals surface area contributed by atoms with Gasteiger partial charge in [-0.05, 0) is 37.8 Å². The van der Waals surface area contributed by atoms with Gasteiger partial charge in [0.15, 0.2) is 5.69 Å². The molecule has 2 aliphatic rings. The molecule has 2 N–H and O–H groups in total. The molecule has 2 aliphatic carbocycles. The Hall–Kier alpha value is -3.03. The number of urea groups is 1. The third kappa shape index (κ3) is 4.21. The van der Waals surface area contributed by atoms with Crippen LogP contribution in [-0.4, -0.2) is 41.0 Å². The van der Waals surface area contributed by atoms with Crippen LogP contribution < -0.4 is 15.4 Å². The van der Waals surface area contributed by atoms with E-state index in [-0.39, 0.29) is 36.3 Å². The van der Waals surface area contributed by atoms with Gasteiger partial charge < -0.3 is 24.7 Å². The molecule has 1 aromatic carbocycles. The van der Waals surface area contributed by atoms with Gasteiger partial charge in [-0.1, -0.05) is 12.1 Å². The second-order valence-corrected chi connectivity index (χ2v) is 6.86. The van der Waals surface area contributed by atoms with Crippen molar-refractivity contribution >= 4 is 17.6 Å². The standard InChI is InChI=1S/C19H22N4O4/c1-26-16-5-3-2-4-14(16)22-19(25)23(13-8-9-13)10-17-21-15(11-27-17)18(24)20-12-6-7-12/h2-5,11-13H,6-10H2,1H3,(H,20,24)(H,22,25). The van der Waals surface area contributed by atoms with Crippen molar-refractivity contribution in [2.45, 2.75) is 44.3 Å². The molecule has 0 bridgehead atoms. The van der Waals surface area contributed by atoms with Crippen molar-refractivity contribution in [2.24, 2.45) is 0 Å². The number of hydrogen-bond acceptors (Lipinski definition) is 5. The third-order valence-electron chi connectivity index (χ3n) is 4.60. The number of amides is 3. The number of ether oxygens (including phenoxy) is 1. The van der Waals surface area contributed by atoms with Crippen molar-refractivity contribution in [3.05, 3.63) is 42.1 Å². The zero-order valence-electron chi connectivity index (χ0n) is 15.1. The molecule has 2 fully saturated rings. The van der Waals surface area contributed by atoms with Crippen LogP contribution in [0.25, 0.3) is 0 Å². The average molecular weight is 370 g/mol. The van der Waals surface area contributed by atoms with Gasteiger partial charge in [0.05, 0.1) is 19.3 Å². The van der Waals surface area contributed by atoms with E-state index < -0.39 is 0 Å². The molecule has 0 unspecified atom stereocenters. The van der Waals surface area contributed by atoms with Crippen LogP contribution in [0.15, 0.2) is 34.9 Å². The summed E-state index contributed by atoms with van der Waals surface area (Å²) in [6, 6.07) is 7.40. The fourth-order valence-electron chi connectivity index (χ4n) is 2.81. The minimum Gasteiger partial charge on any atom is -0.495 e. The van der Waals surface area contributed by atoms with Gasteiger partial charge in [0, 0.05) is 12.1 Å². The first-order valence-electron chi connectivity index (χ1n) is 9.10. The van der Waals surface area contributed by atoms with Crippen LogP contribution in [0.5, 0.6) is 5.75 Å². The van der Waals surface area contributed by atoms with Gasteiger partial charge in [0.1, 0.15) is 12.0 Å². The molecule has 3 amide bonds. The summed E-state index contributed by atoms with van der Waals surface area (Å²) in [5.74, 6) is 0.707. The second-order valence-electron chi connectivity index (χ2n) is 6.86. The number of nitrogens with one attached hydrogen (secondary N) is 2. The summed E-state index contributed by atoms with van der Waals surface area (Å²) >= 11 is 0. The lowest BCUT2D eigenvalue weighted by molar-refractivity contribution is 0.0946. The number of carbonyl (C=O) groups is 2. The lowest BCUT2D eigenvalue weighted by atomic mass is 10.3. The maximum atomic E-state index is 12.8. The number of hydrogen-bond donors (Lipinski definition) is 2. The van der Waals surface area contributed by atoms with Crippen LogP contribution in [0.2, 0.25) is 0 Å². The Bertz CT molecular complexity index is 842. The van der Waals surface area contributed by atoms with E-state index in [0.717, 1.165) is 25.7 Å². The Morgan fingerprint density at radius 1 is 1.26 bits per heavy atom.